The molecule has 3 aromatic carbocycles. The van der Waals surface area contributed by atoms with Gasteiger partial charge in [-0.2, -0.15) is 0 Å². The molecule has 7 heteroatoms. The Morgan fingerprint density at radius 2 is 1.22 bits per heavy atom. The summed E-state index contributed by atoms with van der Waals surface area (Å²) in [5.74, 6) is 0.648. The van der Waals surface area contributed by atoms with Crippen molar-refractivity contribution in [3.63, 3.8) is 0 Å². The quantitative estimate of drug-likeness (QED) is 0.0246. The lowest BCUT2D eigenvalue weighted by molar-refractivity contribution is 0.415. The van der Waals surface area contributed by atoms with Crippen LogP contribution in [0.3, 0.4) is 0 Å². The first-order chi connectivity index (χ1) is 35.3. The number of unbranched alkanes of at least 4 members (excludes halogenated alkanes) is 8. The maximum absolute atomic E-state index is 6.07. The van der Waals surface area contributed by atoms with E-state index in [2.05, 4.69) is 159 Å². The summed E-state index contributed by atoms with van der Waals surface area (Å²) in [5, 5.41) is 6.17. The lowest BCUT2D eigenvalue weighted by Gasteiger charge is -2.24. The summed E-state index contributed by atoms with van der Waals surface area (Å²) in [4.78, 5) is 2.36. The minimum absolute atomic E-state index is 0.370. The van der Waals surface area contributed by atoms with Crippen molar-refractivity contribution in [3.05, 3.63) is 153 Å². The molecular formula is C65H113N7. The molecule has 408 valence electrons. The molecule has 0 spiro atoms. The maximum atomic E-state index is 6.07. The molecule has 1 atom stereocenters. The second kappa shape index (κ2) is 58.6. The Morgan fingerprint density at radius 1 is 0.736 bits per heavy atom. The molecule has 10 N–H and O–H groups in total. The molecule has 0 bridgehead atoms. The van der Waals surface area contributed by atoms with Crippen LogP contribution < -0.4 is 33.6 Å². The Morgan fingerprint density at radius 3 is 1.71 bits per heavy atom. The first kappa shape index (κ1) is 73.5. The molecule has 3 aromatic rings. The highest BCUT2D eigenvalue weighted by Gasteiger charge is 2.18. The number of likely N-dealkylation sites (N-methyl/N-ethyl adjacent to an activating group) is 1. The zero-order valence-electron chi connectivity index (χ0n) is 47.9. The molecule has 1 aliphatic heterocycles. The smallest absolute Gasteiger partial charge is 0.0592 e. The molecule has 2 fully saturated rings. The van der Waals surface area contributed by atoms with E-state index >= 15 is 0 Å². The fourth-order valence-electron chi connectivity index (χ4n) is 7.96. The monoisotopic (exact) mass is 992 g/mol. The highest BCUT2D eigenvalue weighted by Crippen LogP contribution is 2.29. The van der Waals surface area contributed by atoms with Gasteiger partial charge in [0.05, 0.1) is 6.04 Å². The molecule has 1 saturated heterocycles. The van der Waals surface area contributed by atoms with Crippen molar-refractivity contribution in [1.29, 1.82) is 0 Å². The lowest BCUT2D eigenvalue weighted by Crippen LogP contribution is -2.25. The third-order valence-corrected chi connectivity index (χ3v) is 11.7. The van der Waals surface area contributed by atoms with Crippen LogP contribution in [0.15, 0.2) is 136 Å². The van der Waals surface area contributed by atoms with E-state index in [4.69, 9.17) is 12.2 Å². The summed E-state index contributed by atoms with van der Waals surface area (Å²) in [6.07, 6.45) is 42.9. The molecule has 1 saturated carbocycles. The van der Waals surface area contributed by atoms with Crippen LogP contribution in [0, 0.1) is 18.4 Å². The van der Waals surface area contributed by atoms with Gasteiger partial charge in [-0.25, -0.2) is 0 Å². The van der Waals surface area contributed by atoms with Crippen LogP contribution >= 0.6 is 0 Å². The van der Waals surface area contributed by atoms with Gasteiger partial charge in [-0.15, -0.1) is 19.7 Å². The number of hydrogen-bond donors (Lipinski definition) is 6. The van der Waals surface area contributed by atoms with E-state index in [9.17, 15) is 0 Å². The third kappa shape index (κ3) is 41.6. The van der Waals surface area contributed by atoms with E-state index in [1.54, 1.807) is 0 Å². The number of nitrogens with zero attached hydrogens (tertiary/aromatic N) is 1. The highest BCUT2D eigenvalue weighted by molar-refractivity contribution is 5.76. The van der Waals surface area contributed by atoms with Crippen molar-refractivity contribution in [1.82, 2.24) is 15.5 Å². The number of nitrogens with two attached hydrogens (primary N) is 4. The number of para-hydroxylation sites is 1. The van der Waals surface area contributed by atoms with Gasteiger partial charge in [0.15, 0.2) is 0 Å². The van der Waals surface area contributed by atoms with Gasteiger partial charge in [0.1, 0.15) is 0 Å². The van der Waals surface area contributed by atoms with Crippen molar-refractivity contribution >= 4 is 5.69 Å². The number of nitrogen functional groups attached to an aromatic ring is 1. The van der Waals surface area contributed by atoms with Crippen molar-refractivity contribution in [3.8, 4) is 23.6 Å². The van der Waals surface area contributed by atoms with Crippen molar-refractivity contribution < 1.29 is 0 Å². The van der Waals surface area contributed by atoms with Crippen molar-refractivity contribution in [2.75, 3.05) is 46.5 Å². The average molecular weight is 993 g/mol. The van der Waals surface area contributed by atoms with E-state index in [1.165, 1.54) is 196 Å². The molecule has 7 nitrogen and oxygen atoms in total. The van der Waals surface area contributed by atoms with Crippen molar-refractivity contribution in [2.24, 2.45) is 23.1 Å². The first-order valence-corrected chi connectivity index (χ1v) is 27.8. The molecule has 6 rings (SSSR count). The van der Waals surface area contributed by atoms with Crippen LogP contribution in [-0.2, 0) is 12.8 Å². The molecule has 0 amide bonds. The predicted molar refractivity (Wildman–Crippen MR) is 329 cm³/mol. The van der Waals surface area contributed by atoms with Crippen molar-refractivity contribution in [2.45, 2.75) is 182 Å². The Balaban J connectivity index is -0.000000428. The van der Waals surface area contributed by atoms with Gasteiger partial charge in [0, 0.05) is 42.6 Å². The van der Waals surface area contributed by atoms with Gasteiger partial charge in [0.25, 0.3) is 0 Å². The molecule has 1 unspecified atom stereocenters. The second-order valence-electron chi connectivity index (χ2n) is 17.6. The molecule has 0 aromatic heterocycles. The predicted octanol–water partition coefficient (Wildman–Crippen LogP) is 16.3. The van der Waals surface area contributed by atoms with E-state index in [1.807, 2.05) is 45.2 Å². The summed E-state index contributed by atoms with van der Waals surface area (Å²) in [7, 11) is 4.96. The summed E-state index contributed by atoms with van der Waals surface area (Å²) in [6, 6.07) is 28.4. The lowest BCUT2D eigenvalue weighted by atomic mass is 9.88. The number of fused-ring (bicyclic) bond motifs is 1. The zero-order valence-corrected chi connectivity index (χ0v) is 47.9. The number of benzene rings is 3. The molecule has 72 heavy (non-hydrogen) atoms. The van der Waals surface area contributed by atoms with Crippen LogP contribution in [0.25, 0.3) is 11.1 Å². The normalized spacial score (nSPS) is 13.4. The van der Waals surface area contributed by atoms with E-state index < -0.39 is 0 Å². The number of rotatable bonds is 18. The first-order valence-electron chi connectivity index (χ1n) is 27.8. The highest BCUT2D eigenvalue weighted by atomic mass is 15.2. The topological polar surface area (TPSA) is 131 Å². The third-order valence-electron chi connectivity index (χ3n) is 11.7. The van der Waals surface area contributed by atoms with Crippen LogP contribution in [0.1, 0.15) is 186 Å². The van der Waals surface area contributed by atoms with Gasteiger partial charge >= 0.3 is 0 Å². The Labute approximate surface area is 447 Å². The van der Waals surface area contributed by atoms with E-state index in [-0.39, 0.29) is 0 Å². The second-order valence-corrected chi connectivity index (χ2v) is 17.6. The fourth-order valence-corrected chi connectivity index (χ4v) is 7.96. The molecule has 2 aliphatic carbocycles. The van der Waals surface area contributed by atoms with E-state index in [0.717, 1.165) is 24.2 Å². The molecular weight excluding hydrogens is 879 g/mol. The molecule has 1 heterocycles. The average Bonchev–Trinajstić information content (AvgIpc) is 3.99. The summed E-state index contributed by atoms with van der Waals surface area (Å²) in [5.41, 5.74) is 28.4. The number of aryl methyl sites for hydroxylation is 2. The molecule has 0 radical (unpaired) electrons. The summed E-state index contributed by atoms with van der Waals surface area (Å²) < 4.78 is 0. The van der Waals surface area contributed by atoms with Crippen LogP contribution in [0.4, 0.5) is 5.69 Å². The van der Waals surface area contributed by atoms with Crippen LogP contribution in [0.2, 0.25) is 0 Å². The number of terminal acetylenes is 1. The zero-order chi connectivity index (χ0) is 54.9. The van der Waals surface area contributed by atoms with Crippen LogP contribution in [-0.4, -0.2) is 45.7 Å². The SMILES string of the molecule is C#CNC1CCCc2ccccc21.C1CCCCC1.C=C.C=C(CNC)N1CCCC1.C=CC(C)C.C=CN.CC.CCC=CCCCCCCCCCCc1ccc(-c2ccccc2N)cc1.CN.CN. The van der Waals surface area contributed by atoms with Gasteiger partial charge in [-0.05, 0) is 126 Å². The Kier molecular flexibility index (Phi) is 59.8. The summed E-state index contributed by atoms with van der Waals surface area (Å²) in [6.45, 7) is 30.4. The largest absolute Gasteiger partial charge is 0.405 e. The minimum atomic E-state index is 0.370. The Bertz CT molecular complexity index is 1670. The van der Waals surface area contributed by atoms with Gasteiger partial charge in [-0.1, -0.05) is 216 Å². The van der Waals surface area contributed by atoms with Gasteiger partial charge < -0.3 is 38.5 Å². The number of anilines is 1. The number of nitrogens with one attached hydrogen (secondary N) is 2. The summed E-state index contributed by atoms with van der Waals surface area (Å²) >= 11 is 0. The fraction of sp³-hybridized carbons (Fsp3) is 0.538. The standard InChI is InChI=1S/C26H37N.C12H13N.C8H16N2.C6H12.C5H10.C2H5N.C2H6.C2H4.2CH5N/c1-2-3-4-5-6-7-8-9-10-11-12-13-16-23-19-21-24(22-20-23)25-17-14-15-18-26(25)27;1-2-13-12-9-5-7-10-6-3-4-8-11(10)12;1-8(7-9-2)10-5-3-4-6-10;1-2-4-6-5-3-1;1-4-5(2)3;1-2-3;4*1-2/h3-4,14-15,17-22H,2,5-13,16,27H2,1H3;1,3-4,6,8,12-13H,5,7,9H2;9H,1,3-7H2,2H3;1-6H2;4-5H,1H2,2-3H3;2H,1,3H2;1-2H3;1-2H2;2*2H2,1H3. The van der Waals surface area contributed by atoms with Gasteiger partial charge in [0.2, 0.25) is 0 Å². The van der Waals surface area contributed by atoms with Crippen LogP contribution in [0.5, 0.6) is 0 Å². The number of allylic oxidation sites excluding steroid dienone is 3. The maximum Gasteiger partial charge on any atom is 0.0592 e. The van der Waals surface area contributed by atoms with E-state index in [0.29, 0.717) is 12.0 Å². The van der Waals surface area contributed by atoms with Gasteiger partial charge in [-0.3, -0.25) is 0 Å². The minimum Gasteiger partial charge on any atom is -0.405 e. The number of hydrogen-bond acceptors (Lipinski definition) is 7. The number of likely N-dealkylation sites (tertiary alicyclic amines) is 1. The Hall–Kier alpha value is -5.00. The molecule has 3 aliphatic rings.